The molecule has 1 heterocycles. The number of nitrogens with one attached hydrogen (secondary N) is 1. The highest BCUT2D eigenvalue weighted by atomic mass is 32.1. The molecule has 1 aromatic heterocycles. The standard InChI is InChI=1S/C11H16N2OS/c1-8-2-3-9(15-8)6-13-10(14)11(7-12)4-5-11/h2-3H,4-7,12H2,1H3,(H,13,14). The number of hydrogen-bond acceptors (Lipinski definition) is 3. The van der Waals surface area contributed by atoms with Gasteiger partial charge in [0.15, 0.2) is 0 Å². The summed E-state index contributed by atoms with van der Waals surface area (Å²) in [6, 6.07) is 4.13. The van der Waals surface area contributed by atoms with Crippen LogP contribution in [-0.4, -0.2) is 12.5 Å². The van der Waals surface area contributed by atoms with E-state index in [1.54, 1.807) is 11.3 Å². The molecular formula is C11H16N2OS. The summed E-state index contributed by atoms with van der Waals surface area (Å²) in [6.07, 6.45) is 1.89. The van der Waals surface area contributed by atoms with Gasteiger partial charge in [-0.15, -0.1) is 11.3 Å². The molecule has 0 saturated heterocycles. The molecule has 1 saturated carbocycles. The zero-order valence-corrected chi connectivity index (χ0v) is 9.69. The molecule has 3 N–H and O–H groups in total. The lowest BCUT2D eigenvalue weighted by Gasteiger charge is -2.11. The first-order chi connectivity index (χ1) is 7.16. The summed E-state index contributed by atoms with van der Waals surface area (Å²) < 4.78 is 0. The largest absolute Gasteiger partial charge is 0.351 e. The molecule has 0 spiro atoms. The molecule has 1 aromatic rings. The molecule has 1 aliphatic carbocycles. The van der Waals surface area contributed by atoms with Gasteiger partial charge in [-0.1, -0.05) is 0 Å². The summed E-state index contributed by atoms with van der Waals surface area (Å²) >= 11 is 1.72. The lowest BCUT2D eigenvalue weighted by Crippen LogP contribution is -2.35. The second-order valence-electron chi connectivity index (χ2n) is 4.18. The van der Waals surface area contributed by atoms with Gasteiger partial charge in [-0.2, -0.15) is 0 Å². The minimum absolute atomic E-state index is 0.121. The van der Waals surface area contributed by atoms with E-state index in [2.05, 4.69) is 24.4 Å². The average Bonchev–Trinajstić information content (AvgIpc) is 2.93. The van der Waals surface area contributed by atoms with Crippen LogP contribution < -0.4 is 11.1 Å². The van der Waals surface area contributed by atoms with Crippen LogP contribution in [0.1, 0.15) is 22.6 Å². The van der Waals surface area contributed by atoms with Crippen LogP contribution in [0, 0.1) is 12.3 Å². The highest BCUT2D eigenvalue weighted by Crippen LogP contribution is 2.44. The fourth-order valence-electron chi connectivity index (χ4n) is 1.61. The van der Waals surface area contributed by atoms with E-state index >= 15 is 0 Å². The molecule has 82 valence electrons. The van der Waals surface area contributed by atoms with Crippen LogP contribution in [0.5, 0.6) is 0 Å². The Bertz CT molecular complexity index is 368. The fourth-order valence-corrected chi connectivity index (χ4v) is 2.44. The van der Waals surface area contributed by atoms with Gasteiger partial charge in [-0.25, -0.2) is 0 Å². The van der Waals surface area contributed by atoms with Crippen molar-refractivity contribution in [2.45, 2.75) is 26.3 Å². The van der Waals surface area contributed by atoms with Gasteiger partial charge in [0.2, 0.25) is 5.91 Å². The Morgan fingerprint density at radius 3 is 2.80 bits per heavy atom. The van der Waals surface area contributed by atoms with Crippen molar-refractivity contribution in [3.63, 3.8) is 0 Å². The maximum Gasteiger partial charge on any atom is 0.227 e. The molecule has 1 amide bonds. The van der Waals surface area contributed by atoms with Gasteiger partial charge in [0, 0.05) is 16.3 Å². The van der Waals surface area contributed by atoms with Crippen molar-refractivity contribution >= 4 is 17.2 Å². The van der Waals surface area contributed by atoms with E-state index in [1.807, 2.05) is 0 Å². The van der Waals surface area contributed by atoms with E-state index in [0.717, 1.165) is 12.8 Å². The zero-order valence-electron chi connectivity index (χ0n) is 8.88. The van der Waals surface area contributed by atoms with Crippen LogP contribution in [0.25, 0.3) is 0 Å². The molecule has 1 aliphatic rings. The minimum Gasteiger partial charge on any atom is -0.351 e. The Balaban J connectivity index is 1.86. The highest BCUT2D eigenvalue weighted by molar-refractivity contribution is 7.11. The number of carbonyl (C=O) groups is 1. The van der Waals surface area contributed by atoms with Crippen molar-refractivity contribution < 1.29 is 4.79 Å². The summed E-state index contributed by atoms with van der Waals surface area (Å²) in [7, 11) is 0. The second kappa shape index (κ2) is 3.94. The summed E-state index contributed by atoms with van der Waals surface area (Å²) in [4.78, 5) is 14.2. The predicted molar refractivity (Wildman–Crippen MR) is 61.6 cm³/mol. The van der Waals surface area contributed by atoms with Crippen molar-refractivity contribution in [1.82, 2.24) is 5.32 Å². The van der Waals surface area contributed by atoms with Gasteiger partial charge in [-0.3, -0.25) is 4.79 Å². The molecule has 2 rings (SSSR count). The lowest BCUT2D eigenvalue weighted by atomic mass is 10.1. The quantitative estimate of drug-likeness (QED) is 0.812. The van der Waals surface area contributed by atoms with Gasteiger partial charge in [0.1, 0.15) is 0 Å². The first-order valence-electron chi connectivity index (χ1n) is 5.20. The van der Waals surface area contributed by atoms with Crippen LogP contribution >= 0.6 is 11.3 Å². The monoisotopic (exact) mass is 224 g/mol. The van der Waals surface area contributed by atoms with Crippen molar-refractivity contribution in [2.75, 3.05) is 6.54 Å². The van der Waals surface area contributed by atoms with Crippen molar-refractivity contribution in [3.05, 3.63) is 21.9 Å². The number of nitrogens with two attached hydrogens (primary N) is 1. The second-order valence-corrected chi connectivity index (χ2v) is 5.55. The van der Waals surface area contributed by atoms with Gasteiger partial charge in [0.05, 0.1) is 12.0 Å². The topological polar surface area (TPSA) is 55.1 Å². The Kier molecular flexibility index (Phi) is 2.80. The molecule has 0 bridgehead atoms. The third-order valence-corrected chi connectivity index (χ3v) is 3.95. The first-order valence-corrected chi connectivity index (χ1v) is 6.02. The average molecular weight is 224 g/mol. The van der Waals surface area contributed by atoms with Crippen molar-refractivity contribution in [2.24, 2.45) is 11.1 Å². The van der Waals surface area contributed by atoms with E-state index < -0.39 is 0 Å². The molecule has 0 aliphatic heterocycles. The van der Waals surface area contributed by atoms with E-state index in [1.165, 1.54) is 9.75 Å². The summed E-state index contributed by atoms with van der Waals surface area (Å²) in [5, 5.41) is 2.96. The Labute approximate surface area is 93.7 Å². The third-order valence-electron chi connectivity index (χ3n) is 2.95. The number of thiophene rings is 1. The zero-order chi connectivity index (χ0) is 10.9. The fraction of sp³-hybridized carbons (Fsp3) is 0.545. The van der Waals surface area contributed by atoms with Gasteiger partial charge in [-0.05, 0) is 31.9 Å². The number of rotatable bonds is 4. The van der Waals surface area contributed by atoms with E-state index in [9.17, 15) is 4.79 Å². The molecule has 0 atom stereocenters. The first kappa shape index (κ1) is 10.6. The molecular weight excluding hydrogens is 208 g/mol. The number of hydrogen-bond donors (Lipinski definition) is 2. The minimum atomic E-state index is -0.230. The number of aryl methyl sites for hydroxylation is 1. The maximum atomic E-state index is 11.8. The smallest absolute Gasteiger partial charge is 0.227 e. The van der Waals surface area contributed by atoms with E-state index in [4.69, 9.17) is 5.73 Å². The summed E-state index contributed by atoms with van der Waals surface area (Å²) in [5.41, 5.74) is 5.35. The Morgan fingerprint density at radius 2 is 2.33 bits per heavy atom. The highest BCUT2D eigenvalue weighted by Gasteiger charge is 2.48. The lowest BCUT2D eigenvalue weighted by molar-refractivity contribution is -0.126. The SMILES string of the molecule is Cc1ccc(CNC(=O)C2(CN)CC2)s1. The van der Waals surface area contributed by atoms with Gasteiger partial charge in [0.25, 0.3) is 0 Å². The van der Waals surface area contributed by atoms with E-state index in [-0.39, 0.29) is 11.3 Å². The number of amides is 1. The summed E-state index contributed by atoms with van der Waals surface area (Å²) in [6.45, 7) is 3.18. The molecule has 0 aromatic carbocycles. The van der Waals surface area contributed by atoms with Crippen molar-refractivity contribution in [3.8, 4) is 0 Å². The normalized spacial score (nSPS) is 17.5. The van der Waals surface area contributed by atoms with Gasteiger partial charge < -0.3 is 11.1 Å². The molecule has 15 heavy (non-hydrogen) atoms. The molecule has 1 fully saturated rings. The maximum absolute atomic E-state index is 11.8. The van der Waals surface area contributed by atoms with Gasteiger partial charge >= 0.3 is 0 Å². The van der Waals surface area contributed by atoms with Crippen LogP contribution in [0.4, 0.5) is 0 Å². The third kappa shape index (κ3) is 2.21. The molecule has 3 nitrogen and oxygen atoms in total. The van der Waals surface area contributed by atoms with Crippen LogP contribution in [0.15, 0.2) is 12.1 Å². The van der Waals surface area contributed by atoms with Crippen LogP contribution in [0.3, 0.4) is 0 Å². The molecule has 0 radical (unpaired) electrons. The van der Waals surface area contributed by atoms with E-state index in [0.29, 0.717) is 13.1 Å². The Hall–Kier alpha value is -0.870. The Morgan fingerprint density at radius 1 is 1.60 bits per heavy atom. The molecule has 4 heteroatoms. The van der Waals surface area contributed by atoms with Crippen molar-refractivity contribution in [1.29, 1.82) is 0 Å². The van der Waals surface area contributed by atoms with Crippen LogP contribution in [0.2, 0.25) is 0 Å². The predicted octanol–water partition coefficient (Wildman–Crippen LogP) is 1.41. The number of carbonyl (C=O) groups excluding carboxylic acids is 1. The van der Waals surface area contributed by atoms with Crippen LogP contribution in [-0.2, 0) is 11.3 Å². The molecule has 0 unspecified atom stereocenters. The summed E-state index contributed by atoms with van der Waals surface area (Å²) in [5.74, 6) is 0.121.